The van der Waals surface area contributed by atoms with Crippen molar-refractivity contribution in [3.05, 3.63) is 34.7 Å². The molecule has 0 atom stereocenters. The monoisotopic (exact) mass is 283 g/mol. The van der Waals surface area contributed by atoms with Crippen LogP contribution in [0.3, 0.4) is 0 Å². The van der Waals surface area contributed by atoms with E-state index < -0.39 is 16.6 Å². The molecule has 98 valence electrons. The molecule has 0 N–H and O–H groups in total. The van der Waals surface area contributed by atoms with E-state index in [0.29, 0.717) is 10.1 Å². The van der Waals surface area contributed by atoms with E-state index >= 15 is 0 Å². The number of alkyl halides is 3. The van der Waals surface area contributed by atoms with Crippen LogP contribution in [0, 0.1) is 0 Å². The van der Waals surface area contributed by atoms with Crippen LogP contribution in [0.2, 0.25) is 0 Å². The van der Waals surface area contributed by atoms with Gasteiger partial charge in [-0.1, -0.05) is 6.07 Å². The number of aliphatic imine (C=N–C) groups is 1. The Morgan fingerprint density at radius 3 is 2.58 bits per heavy atom. The molecule has 0 saturated heterocycles. The molecule has 0 aliphatic heterocycles. The molecule has 0 spiro atoms. The third-order valence-electron chi connectivity index (χ3n) is 3.32. The maximum absolute atomic E-state index is 12.6. The van der Waals surface area contributed by atoms with Gasteiger partial charge in [0.25, 0.3) is 0 Å². The van der Waals surface area contributed by atoms with Crippen LogP contribution in [0.15, 0.2) is 29.3 Å². The lowest BCUT2D eigenvalue weighted by Crippen LogP contribution is -2.01. The molecule has 0 radical (unpaired) electrons. The quantitative estimate of drug-likeness (QED) is 0.598. The van der Waals surface area contributed by atoms with Gasteiger partial charge in [-0.3, -0.25) is 0 Å². The maximum Gasteiger partial charge on any atom is 0.425 e. The number of halogens is 3. The second-order valence-electron chi connectivity index (χ2n) is 4.60. The van der Waals surface area contributed by atoms with Gasteiger partial charge in [0.05, 0.1) is 5.54 Å². The maximum atomic E-state index is 12.6. The molecule has 6 heteroatoms. The van der Waals surface area contributed by atoms with Crippen molar-refractivity contribution in [1.29, 1.82) is 0 Å². The van der Waals surface area contributed by atoms with E-state index in [1.54, 1.807) is 24.3 Å². The predicted octanol–water partition coefficient (Wildman–Crippen LogP) is 4.25. The highest BCUT2D eigenvalue weighted by atomic mass is 32.1. The molecule has 1 fully saturated rings. The van der Waals surface area contributed by atoms with Crippen molar-refractivity contribution >= 4 is 27.5 Å². The zero-order valence-corrected chi connectivity index (χ0v) is 10.4. The smallest absolute Gasteiger partial charge is 0.211 e. The molecule has 2 aromatic rings. The molecule has 1 saturated carbocycles. The van der Waals surface area contributed by atoms with Gasteiger partial charge in [-0.25, -0.2) is 4.79 Å². The summed E-state index contributed by atoms with van der Waals surface area (Å²) in [6.07, 6.45) is -1.29. The van der Waals surface area contributed by atoms with Crippen LogP contribution in [0.25, 0.3) is 10.1 Å². The Balaban J connectivity index is 2.09. The van der Waals surface area contributed by atoms with Crippen molar-refractivity contribution < 1.29 is 18.0 Å². The van der Waals surface area contributed by atoms with E-state index in [9.17, 15) is 18.0 Å². The Kier molecular flexibility index (Phi) is 2.56. The van der Waals surface area contributed by atoms with E-state index in [2.05, 4.69) is 4.99 Å². The SMILES string of the molecule is O=C=NC1(c2ccc3sc(C(F)(F)F)cc3c2)CC1. The van der Waals surface area contributed by atoms with Crippen LogP contribution in [0.5, 0.6) is 0 Å². The molecule has 0 unspecified atom stereocenters. The normalized spacial score (nSPS) is 17.2. The van der Waals surface area contributed by atoms with Crippen molar-refractivity contribution in [2.45, 2.75) is 24.6 Å². The molecule has 0 bridgehead atoms. The highest BCUT2D eigenvalue weighted by Crippen LogP contribution is 2.50. The largest absolute Gasteiger partial charge is 0.425 e. The third kappa shape index (κ3) is 2.07. The van der Waals surface area contributed by atoms with Crippen LogP contribution in [-0.2, 0) is 16.5 Å². The van der Waals surface area contributed by atoms with Crippen molar-refractivity contribution in [2.75, 3.05) is 0 Å². The highest BCUT2D eigenvalue weighted by Gasteiger charge is 2.45. The van der Waals surface area contributed by atoms with Gasteiger partial charge in [0.2, 0.25) is 6.08 Å². The first kappa shape index (κ1) is 12.4. The molecule has 3 rings (SSSR count). The summed E-state index contributed by atoms with van der Waals surface area (Å²) in [5, 5.41) is 0.544. The molecule has 1 heterocycles. The number of isocyanates is 1. The number of nitrogens with zero attached hydrogens (tertiary/aromatic N) is 1. The van der Waals surface area contributed by atoms with Crippen LogP contribution in [0.4, 0.5) is 13.2 Å². The van der Waals surface area contributed by atoms with Gasteiger partial charge in [-0.05, 0) is 42.0 Å². The van der Waals surface area contributed by atoms with Gasteiger partial charge in [-0.2, -0.15) is 18.2 Å². The van der Waals surface area contributed by atoms with Crippen LogP contribution < -0.4 is 0 Å². The molecule has 1 aromatic carbocycles. The molecule has 1 aromatic heterocycles. The second kappa shape index (κ2) is 3.92. The lowest BCUT2D eigenvalue weighted by molar-refractivity contribution is -0.134. The first-order chi connectivity index (χ1) is 8.94. The molecular formula is C13H8F3NOS. The number of fused-ring (bicyclic) bond motifs is 1. The van der Waals surface area contributed by atoms with E-state index in [4.69, 9.17) is 0 Å². The second-order valence-corrected chi connectivity index (χ2v) is 5.68. The number of rotatable bonds is 2. The summed E-state index contributed by atoms with van der Waals surface area (Å²) < 4.78 is 38.5. The van der Waals surface area contributed by atoms with Crippen LogP contribution in [-0.4, -0.2) is 6.08 Å². The fourth-order valence-corrected chi connectivity index (χ4v) is 3.05. The van der Waals surface area contributed by atoms with E-state index in [-0.39, 0.29) is 0 Å². The van der Waals surface area contributed by atoms with Gasteiger partial charge in [0, 0.05) is 4.70 Å². The molecule has 0 amide bonds. The lowest BCUT2D eigenvalue weighted by atomic mass is 10.0. The zero-order chi connectivity index (χ0) is 13.7. The number of benzene rings is 1. The van der Waals surface area contributed by atoms with E-state index in [1.807, 2.05) is 0 Å². The Morgan fingerprint density at radius 2 is 2.00 bits per heavy atom. The van der Waals surface area contributed by atoms with Crippen molar-refractivity contribution in [3.63, 3.8) is 0 Å². The molecule has 2 nitrogen and oxygen atoms in total. The first-order valence-corrected chi connectivity index (χ1v) is 6.47. The number of hydrogen-bond donors (Lipinski definition) is 0. The van der Waals surface area contributed by atoms with Crippen molar-refractivity contribution in [1.82, 2.24) is 0 Å². The van der Waals surface area contributed by atoms with Crippen LogP contribution in [0.1, 0.15) is 23.3 Å². The number of carbonyl (C=O) groups excluding carboxylic acids is 1. The topological polar surface area (TPSA) is 29.4 Å². The van der Waals surface area contributed by atoms with E-state index in [0.717, 1.165) is 35.8 Å². The van der Waals surface area contributed by atoms with Crippen molar-refractivity contribution in [2.24, 2.45) is 4.99 Å². The predicted molar refractivity (Wildman–Crippen MR) is 65.9 cm³/mol. The first-order valence-electron chi connectivity index (χ1n) is 5.65. The fourth-order valence-electron chi connectivity index (χ4n) is 2.14. The molecular weight excluding hydrogens is 275 g/mol. The average Bonchev–Trinajstić information content (AvgIpc) is 2.99. The van der Waals surface area contributed by atoms with Gasteiger partial charge in [0.1, 0.15) is 4.88 Å². The Bertz CT molecular complexity index is 693. The Hall–Kier alpha value is -1.65. The van der Waals surface area contributed by atoms with Crippen molar-refractivity contribution in [3.8, 4) is 0 Å². The standard InChI is InChI=1S/C13H8F3NOS/c14-13(15,16)11-6-8-5-9(1-2-10(8)19-11)12(3-4-12)17-7-18/h1-2,5-6H,3-4H2. The highest BCUT2D eigenvalue weighted by molar-refractivity contribution is 7.19. The summed E-state index contributed by atoms with van der Waals surface area (Å²) in [5.74, 6) is 0. The Labute approximate surface area is 110 Å². The van der Waals surface area contributed by atoms with Gasteiger partial charge >= 0.3 is 6.18 Å². The summed E-state index contributed by atoms with van der Waals surface area (Å²) in [6, 6.07) is 6.23. The number of thiophene rings is 1. The number of hydrogen-bond acceptors (Lipinski definition) is 3. The summed E-state index contributed by atoms with van der Waals surface area (Å²) in [4.78, 5) is 13.6. The van der Waals surface area contributed by atoms with Gasteiger partial charge in [-0.15, -0.1) is 11.3 Å². The molecule has 1 aliphatic carbocycles. The molecule has 19 heavy (non-hydrogen) atoms. The van der Waals surface area contributed by atoms with Gasteiger partial charge < -0.3 is 0 Å². The minimum atomic E-state index is -4.32. The summed E-state index contributed by atoms with van der Waals surface area (Å²) in [7, 11) is 0. The third-order valence-corrected chi connectivity index (χ3v) is 4.48. The van der Waals surface area contributed by atoms with E-state index in [1.165, 1.54) is 0 Å². The van der Waals surface area contributed by atoms with Crippen LogP contribution >= 0.6 is 11.3 Å². The lowest BCUT2D eigenvalue weighted by Gasteiger charge is -2.07. The minimum absolute atomic E-state index is 0.544. The summed E-state index contributed by atoms with van der Waals surface area (Å²) in [6.45, 7) is 0. The molecule has 1 aliphatic rings. The van der Waals surface area contributed by atoms with Gasteiger partial charge in [0.15, 0.2) is 0 Å². The fraction of sp³-hybridized carbons (Fsp3) is 0.308. The zero-order valence-electron chi connectivity index (χ0n) is 9.62. The minimum Gasteiger partial charge on any atom is -0.211 e. The summed E-state index contributed by atoms with van der Waals surface area (Å²) in [5.41, 5.74) is 0.242. The Morgan fingerprint density at radius 1 is 1.26 bits per heavy atom. The average molecular weight is 283 g/mol. The summed E-state index contributed by atoms with van der Waals surface area (Å²) >= 11 is 0.724.